The maximum Gasteiger partial charge on any atom is 0.0934 e. The van der Waals surface area contributed by atoms with Gasteiger partial charge in [0.1, 0.15) is 0 Å². The molecule has 0 spiro atoms. The molecule has 1 aromatic heterocycles. The largest absolute Gasteiger partial charge is 0.248 e. The molecule has 3 heteroatoms. The molecule has 0 aromatic carbocycles. The second-order valence-electron chi connectivity index (χ2n) is 1.09. The molecular formula is C5H6BrNS. The van der Waals surface area contributed by atoms with Crippen molar-refractivity contribution in [3.63, 3.8) is 0 Å². The number of nitrogens with zero attached hydrogens (tertiary/aromatic N) is 1. The van der Waals surface area contributed by atoms with Crippen LogP contribution in [0.2, 0.25) is 0 Å². The molecule has 0 N–H and O–H groups in total. The molecule has 0 aliphatic heterocycles. The van der Waals surface area contributed by atoms with Crippen LogP contribution in [0.4, 0.5) is 0 Å². The quantitative estimate of drug-likeness (QED) is 0.673. The molecule has 0 atom stereocenters. The van der Waals surface area contributed by atoms with Gasteiger partial charge in [0.05, 0.1) is 15.0 Å². The zero-order chi connectivity index (χ0) is 10.3. The molecule has 1 nitrogen and oxygen atoms in total. The molecule has 0 amide bonds. The summed E-state index contributed by atoms with van der Waals surface area (Å²) in [5.74, 6) is 0. The molecule has 1 rings (SSSR count). The first-order chi connectivity index (χ1) is 5.75. The zero-order valence-corrected chi connectivity index (χ0v) is 6.21. The Morgan fingerprint density at radius 3 is 3.62 bits per heavy atom. The van der Waals surface area contributed by atoms with E-state index in [9.17, 15) is 0 Å². The minimum absolute atomic E-state index is 0.0284. The van der Waals surface area contributed by atoms with Gasteiger partial charge in [-0.2, -0.15) is 0 Å². The van der Waals surface area contributed by atoms with E-state index in [4.69, 9.17) is 6.85 Å². The van der Waals surface area contributed by atoms with Crippen LogP contribution in [0.5, 0.6) is 0 Å². The maximum absolute atomic E-state index is 7.36. The lowest BCUT2D eigenvalue weighted by molar-refractivity contribution is 1.09. The standard InChI is InChI=1S/C5H6BrNS/c1-2-5-7-3-4(6)8-5/h3H,2H2,1H3/i1D3,2D2. The van der Waals surface area contributed by atoms with E-state index < -0.39 is 13.2 Å². The van der Waals surface area contributed by atoms with E-state index in [0.717, 1.165) is 11.3 Å². The number of aromatic nitrogens is 1. The molecule has 0 radical (unpaired) electrons. The normalized spacial score (nSPS) is 22.4. The van der Waals surface area contributed by atoms with Crippen LogP contribution in [0.15, 0.2) is 9.98 Å². The summed E-state index contributed by atoms with van der Waals surface area (Å²) in [5.41, 5.74) is 0. The maximum atomic E-state index is 7.36. The van der Waals surface area contributed by atoms with Crippen molar-refractivity contribution in [3.8, 4) is 0 Å². The van der Waals surface area contributed by atoms with Crippen LogP contribution < -0.4 is 0 Å². The third kappa shape index (κ3) is 1.29. The Hall–Kier alpha value is 0.110. The molecule has 1 aromatic rings. The number of thiazole rings is 1. The van der Waals surface area contributed by atoms with E-state index in [1.807, 2.05) is 0 Å². The highest BCUT2D eigenvalue weighted by atomic mass is 79.9. The zero-order valence-electron chi connectivity index (χ0n) is 8.81. The second kappa shape index (κ2) is 2.60. The Bertz CT molecular complexity index is 306. The Kier molecular flexibility index (Phi) is 0.774. The lowest BCUT2D eigenvalue weighted by Gasteiger charge is -1.77. The van der Waals surface area contributed by atoms with Gasteiger partial charge in [-0.15, -0.1) is 11.3 Å². The van der Waals surface area contributed by atoms with Gasteiger partial charge in [-0.3, -0.25) is 0 Å². The highest BCUT2D eigenvalue weighted by molar-refractivity contribution is 9.11. The first kappa shape index (κ1) is 2.39. The third-order valence-electron chi connectivity index (χ3n) is 0.584. The Balaban J connectivity index is 3.07. The van der Waals surface area contributed by atoms with E-state index >= 15 is 0 Å². The topological polar surface area (TPSA) is 12.9 Å². The van der Waals surface area contributed by atoms with Crippen molar-refractivity contribution in [3.05, 3.63) is 15.0 Å². The first-order valence-corrected chi connectivity index (χ1v) is 3.48. The van der Waals surface area contributed by atoms with Gasteiger partial charge in [0, 0.05) is 6.85 Å². The average Bonchev–Trinajstić information content (AvgIpc) is 2.33. The summed E-state index contributed by atoms with van der Waals surface area (Å²) in [6, 6.07) is 0. The molecular weight excluding hydrogens is 186 g/mol. The van der Waals surface area contributed by atoms with E-state index in [-0.39, 0.29) is 5.01 Å². The summed E-state index contributed by atoms with van der Waals surface area (Å²) in [4.78, 5) is 3.69. The third-order valence-corrected chi connectivity index (χ3v) is 1.98. The van der Waals surface area contributed by atoms with E-state index in [0.29, 0.717) is 3.79 Å². The highest BCUT2D eigenvalue weighted by Gasteiger charge is 1.92. The lowest BCUT2D eigenvalue weighted by Crippen LogP contribution is -1.70. The van der Waals surface area contributed by atoms with Crippen molar-refractivity contribution < 1.29 is 6.85 Å². The molecule has 0 aliphatic carbocycles. The van der Waals surface area contributed by atoms with Crippen LogP contribution in [0.25, 0.3) is 0 Å². The molecule has 44 valence electrons. The Labute approximate surface area is 67.9 Å². The fraction of sp³-hybridized carbons (Fsp3) is 0.400. The SMILES string of the molecule is [2H]C([2H])([2H])C([2H])([2H])c1ncc(Br)s1. The van der Waals surface area contributed by atoms with E-state index in [2.05, 4.69) is 20.9 Å². The van der Waals surface area contributed by atoms with Gasteiger partial charge >= 0.3 is 0 Å². The molecule has 1 heterocycles. The monoisotopic (exact) mass is 196 g/mol. The van der Waals surface area contributed by atoms with Crippen LogP contribution in [-0.2, 0) is 6.37 Å². The van der Waals surface area contributed by atoms with Crippen LogP contribution in [0, 0.1) is 0 Å². The molecule has 0 fully saturated rings. The van der Waals surface area contributed by atoms with Crippen molar-refractivity contribution in [2.24, 2.45) is 0 Å². The number of hydrogen-bond acceptors (Lipinski definition) is 2. The number of rotatable bonds is 1. The first-order valence-electron chi connectivity index (χ1n) is 4.37. The number of halogens is 1. The average molecular weight is 197 g/mol. The van der Waals surface area contributed by atoms with Gasteiger partial charge < -0.3 is 0 Å². The van der Waals surface area contributed by atoms with Crippen molar-refractivity contribution in [1.29, 1.82) is 0 Å². The minimum atomic E-state index is -2.68. The summed E-state index contributed by atoms with van der Waals surface area (Å²) in [7, 11) is 0. The van der Waals surface area contributed by atoms with Crippen LogP contribution in [0.1, 0.15) is 18.7 Å². The summed E-state index contributed by atoms with van der Waals surface area (Å²) in [5, 5.41) is -0.0284. The lowest BCUT2D eigenvalue weighted by atomic mass is 10.5. The van der Waals surface area contributed by atoms with Crippen LogP contribution >= 0.6 is 27.3 Å². The molecule has 8 heavy (non-hydrogen) atoms. The van der Waals surface area contributed by atoms with Gasteiger partial charge in [-0.05, 0) is 22.3 Å². The predicted octanol–water partition coefficient (Wildman–Crippen LogP) is 2.47. The Morgan fingerprint density at radius 2 is 3.12 bits per heavy atom. The summed E-state index contributed by atoms with van der Waals surface area (Å²) in [6.45, 7) is -2.68. The fourth-order valence-corrected chi connectivity index (χ4v) is 1.32. The minimum Gasteiger partial charge on any atom is -0.248 e. The molecule has 0 unspecified atom stereocenters. The number of aryl methyl sites for hydroxylation is 1. The second-order valence-corrected chi connectivity index (χ2v) is 3.50. The van der Waals surface area contributed by atoms with Crippen LogP contribution in [0.3, 0.4) is 0 Å². The van der Waals surface area contributed by atoms with E-state index in [1.165, 1.54) is 6.20 Å². The molecule has 0 saturated heterocycles. The van der Waals surface area contributed by atoms with Crippen molar-refractivity contribution >= 4 is 27.3 Å². The fourth-order valence-electron chi connectivity index (χ4n) is 0.312. The van der Waals surface area contributed by atoms with Gasteiger partial charge in [0.15, 0.2) is 0 Å². The summed E-state index contributed by atoms with van der Waals surface area (Å²) in [6.07, 6.45) is -0.979. The van der Waals surface area contributed by atoms with Crippen molar-refractivity contribution in [2.75, 3.05) is 0 Å². The molecule has 0 bridgehead atoms. The van der Waals surface area contributed by atoms with Crippen molar-refractivity contribution in [2.45, 2.75) is 13.2 Å². The van der Waals surface area contributed by atoms with Gasteiger partial charge in [-0.25, -0.2) is 4.98 Å². The smallest absolute Gasteiger partial charge is 0.0934 e. The van der Waals surface area contributed by atoms with E-state index in [1.54, 1.807) is 0 Å². The van der Waals surface area contributed by atoms with Crippen LogP contribution in [-0.4, -0.2) is 4.98 Å². The molecule has 0 saturated carbocycles. The Morgan fingerprint density at radius 1 is 2.25 bits per heavy atom. The van der Waals surface area contributed by atoms with Crippen molar-refractivity contribution in [1.82, 2.24) is 4.98 Å². The summed E-state index contributed by atoms with van der Waals surface area (Å²) >= 11 is 4.09. The molecule has 0 aliphatic rings. The predicted molar refractivity (Wildman–Crippen MR) is 39.2 cm³/mol. The van der Waals surface area contributed by atoms with Gasteiger partial charge in [-0.1, -0.05) is 6.85 Å². The van der Waals surface area contributed by atoms with Gasteiger partial charge in [0.2, 0.25) is 0 Å². The van der Waals surface area contributed by atoms with Gasteiger partial charge in [0.25, 0.3) is 0 Å². The number of hydrogen-bond donors (Lipinski definition) is 0. The highest BCUT2D eigenvalue weighted by Crippen LogP contribution is 2.18. The summed E-state index contributed by atoms with van der Waals surface area (Å²) < 4.78 is 36.3.